The van der Waals surface area contributed by atoms with Crippen LogP contribution >= 0.6 is 0 Å². The number of aromatic nitrogens is 2. The maximum Gasteiger partial charge on any atom is 0.267 e. The van der Waals surface area contributed by atoms with Crippen LogP contribution in [0.15, 0.2) is 17.5 Å². The number of aliphatic hydroxyl groups is 1. The smallest absolute Gasteiger partial charge is 0.267 e. The second kappa shape index (κ2) is 6.11. The fourth-order valence-corrected chi connectivity index (χ4v) is 3.03. The molecule has 1 aliphatic heterocycles. The number of hydrogen-bond donors (Lipinski definition) is 2. The van der Waals surface area contributed by atoms with Gasteiger partial charge in [-0.2, -0.15) is 10.2 Å². The van der Waals surface area contributed by atoms with Crippen molar-refractivity contribution in [1.29, 1.82) is 0 Å². The van der Waals surface area contributed by atoms with Gasteiger partial charge in [0.05, 0.1) is 18.3 Å². The lowest BCUT2D eigenvalue weighted by molar-refractivity contribution is -0.130. The molecule has 3 rings (SSSR count). The molecule has 0 aromatic carbocycles. The van der Waals surface area contributed by atoms with E-state index in [1.165, 1.54) is 5.01 Å². The number of nitrogens with one attached hydrogen (secondary N) is 1. The average Bonchev–Trinajstić information content (AvgIpc) is 2.91. The number of hydrazone groups is 1. The Balaban J connectivity index is 1.74. The second-order valence-electron chi connectivity index (χ2n) is 6.25. The lowest BCUT2D eigenvalue weighted by Gasteiger charge is -2.37. The summed E-state index contributed by atoms with van der Waals surface area (Å²) in [7, 11) is 3.37. The molecule has 1 atom stereocenters. The van der Waals surface area contributed by atoms with Crippen LogP contribution in [0, 0.1) is 5.92 Å². The summed E-state index contributed by atoms with van der Waals surface area (Å²) in [5.41, 5.74) is 1.28. The molecular formula is C15H21N5O3. The van der Waals surface area contributed by atoms with Crippen LogP contribution < -0.4 is 5.32 Å². The normalized spacial score (nSPS) is 25.6. The van der Waals surface area contributed by atoms with Crippen LogP contribution in [0.2, 0.25) is 0 Å². The van der Waals surface area contributed by atoms with Crippen LogP contribution in [-0.2, 0) is 16.6 Å². The number of carbonyl (C=O) groups is 2. The lowest BCUT2D eigenvalue weighted by atomic mass is 9.75. The highest BCUT2D eigenvalue weighted by Gasteiger charge is 2.37. The Hall–Kier alpha value is -2.22. The molecule has 0 spiro atoms. The largest absolute Gasteiger partial charge is 0.393 e. The molecule has 2 heterocycles. The minimum Gasteiger partial charge on any atom is -0.393 e. The topological polar surface area (TPSA) is 99.8 Å². The highest BCUT2D eigenvalue weighted by molar-refractivity contribution is 6.39. The van der Waals surface area contributed by atoms with E-state index in [9.17, 15) is 14.7 Å². The zero-order chi connectivity index (χ0) is 16.6. The van der Waals surface area contributed by atoms with Crippen LogP contribution in [0.1, 0.15) is 37.3 Å². The van der Waals surface area contributed by atoms with Crippen molar-refractivity contribution in [1.82, 2.24) is 20.1 Å². The van der Waals surface area contributed by atoms with Gasteiger partial charge < -0.3 is 10.4 Å². The first-order valence-electron chi connectivity index (χ1n) is 7.75. The summed E-state index contributed by atoms with van der Waals surface area (Å²) in [5, 5.41) is 22.0. The first kappa shape index (κ1) is 15.7. The molecule has 1 unspecified atom stereocenters. The van der Waals surface area contributed by atoms with Gasteiger partial charge in [-0.05, 0) is 18.8 Å². The fraction of sp³-hybridized carbons (Fsp3) is 0.600. The predicted molar refractivity (Wildman–Crippen MR) is 82.3 cm³/mol. The number of nitrogens with zero attached hydrogens (tertiary/aromatic N) is 4. The van der Waals surface area contributed by atoms with Crippen molar-refractivity contribution in [2.75, 3.05) is 7.05 Å². The number of carbonyl (C=O) groups excluding carboxylic acids is 2. The summed E-state index contributed by atoms with van der Waals surface area (Å²) in [4.78, 5) is 24.0. The molecule has 1 aromatic heterocycles. The Bertz CT molecular complexity index is 647. The molecule has 23 heavy (non-hydrogen) atoms. The monoisotopic (exact) mass is 319 g/mol. The summed E-state index contributed by atoms with van der Waals surface area (Å²) < 4.78 is 1.69. The third-order valence-electron chi connectivity index (χ3n) is 4.46. The van der Waals surface area contributed by atoms with E-state index >= 15 is 0 Å². The van der Waals surface area contributed by atoms with Crippen LogP contribution in [-0.4, -0.2) is 50.6 Å². The molecule has 8 heteroatoms. The molecule has 124 valence electrons. The van der Waals surface area contributed by atoms with Gasteiger partial charge in [-0.1, -0.05) is 0 Å². The summed E-state index contributed by atoms with van der Waals surface area (Å²) in [6, 6.07) is -0.203. The molecule has 1 fully saturated rings. The zero-order valence-electron chi connectivity index (χ0n) is 13.3. The number of aliphatic hydroxyl groups excluding tert-OH is 1. The summed E-state index contributed by atoms with van der Waals surface area (Å²) in [6.07, 6.45) is 5.26. The third kappa shape index (κ3) is 3.26. The highest BCUT2D eigenvalue weighted by atomic mass is 16.3. The van der Waals surface area contributed by atoms with Gasteiger partial charge in [-0.25, -0.2) is 5.01 Å². The van der Waals surface area contributed by atoms with Crippen molar-refractivity contribution in [3.63, 3.8) is 0 Å². The molecule has 2 aliphatic rings. The maximum atomic E-state index is 12.5. The van der Waals surface area contributed by atoms with Gasteiger partial charge in [0.1, 0.15) is 5.71 Å². The van der Waals surface area contributed by atoms with Crippen molar-refractivity contribution in [3.8, 4) is 0 Å². The molecular weight excluding hydrogens is 298 g/mol. The Morgan fingerprint density at radius 3 is 2.70 bits per heavy atom. The molecule has 2 amide bonds. The Labute approximate surface area is 134 Å². The first-order chi connectivity index (χ1) is 10.9. The molecule has 0 bridgehead atoms. The van der Waals surface area contributed by atoms with Crippen molar-refractivity contribution in [3.05, 3.63) is 18.0 Å². The molecule has 2 N–H and O–H groups in total. The van der Waals surface area contributed by atoms with Crippen molar-refractivity contribution in [2.24, 2.45) is 18.1 Å². The van der Waals surface area contributed by atoms with E-state index in [0.29, 0.717) is 31.4 Å². The van der Waals surface area contributed by atoms with Gasteiger partial charge in [0, 0.05) is 38.7 Å². The van der Waals surface area contributed by atoms with Gasteiger partial charge in [0.2, 0.25) is 5.91 Å². The maximum absolute atomic E-state index is 12.5. The lowest BCUT2D eigenvalue weighted by Crippen LogP contribution is -2.44. The Morgan fingerprint density at radius 2 is 2.13 bits per heavy atom. The van der Waals surface area contributed by atoms with E-state index < -0.39 is 0 Å². The SMILES string of the molecule is CN1N=C(C(=O)NC(c2cnn(C)c2)C2CC(O)C2)CCC1=O. The molecule has 1 saturated carbocycles. The minimum atomic E-state index is -0.299. The Kier molecular flexibility index (Phi) is 4.16. The van der Waals surface area contributed by atoms with Crippen molar-refractivity contribution in [2.45, 2.75) is 37.8 Å². The molecule has 0 radical (unpaired) electrons. The fourth-order valence-electron chi connectivity index (χ4n) is 3.03. The zero-order valence-corrected chi connectivity index (χ0v) is 13.3. The second-order valence-corrected chi connectivity index (χ2v) is 6.25. The van der Waals surface area contributed by atoms with Crippen molar-refractivity contribution >= 4 is 17.5 Å². The minimum absolute atomic E-state index is 0.0903. The third-order valence-corrected chi connectivity index (χ3v) is 4.46. The quantitative estimate of drug-likeness (QED) is 0.813. The highest BCUT2D eigenvalue weighted by Crippen LogP contribution is 2.38. The first-order valence-corrected chi connectivity index (χ1v) is 7.75. The van der Waals surface area contributed by atoms with Crippen LogP contribution in [0.5, 0.6) is 0 Å². The molecule has 8 nitrogen and oxygen atoms in total. The van der Waals surface area contributed by atoms with Gasteiger partial charge >= 0.3 is 0 Å². The Morgan fingerprint density at radius 1 is 1.39 bits per heavy atom. The van der Waals surface area contributed by atoms with Crippen molar-refractivity contribution < 1.29 is 14.7 Å². The predicted octanol–water partition coefficient (Wildman–Crippen LogP) is -0.0435. The van der Waals surface area contributed by atoms with Crippen LogP contribution in [0.3, 0.4) is 0 Å². The van der Waals surface area contributed by atoms with Gasteiger partial charge in [-0.3, -0.25) is 14.3 Å². The summed E-state index contributed by atoms with van der Waals surface area (Å²) in [5.74, 6) is -0.172. The van der Waals surface area contributed by atoms with E-state index in [0.717, 1.165) is 5.56 Å². The van der Waals surface area contributed by atoms with Crippen LogP contribution in [0.4, 0.5) is 0 Å². The number of hydrogen-bond acceptors (Lipinski definition) is 5. The van der Waals surface area contributed by atoms with Gasteiger partial charge in [0.15, 0.2) is 0 Å². The standard InChI is InChI=1S/C15H21N5O3/c1-19-8-10(7-16-19)14(9-5-11(21)6-9)17-15(23)12-3-4-13(22)20(2)18-12/h7-9,11,14,21H,3-6H2,1-2H3,(H,17,23). The summed E-state index contributed by atoms with van der Waals surface area (Å²) >= 11 is 0. The van der Waals surface area contributed by atoms with E-state index in [1.807, 2.05) is 13.2 Å². The summed E-state index contributed by atoms with van der Waals surface area (Å²) in [6.45, 7) is 0. The molecule has 1 aromatic rings. The number of aryl methyl sites for hydroxylation is 1. The van der Waals surface area contributed by atoms with Gasteiger partial charge in [-0.15, -0.1) is 0 Å². The van der Waals surface area contributed by atoms with Gasteiger partial charge in [0.25, 0.3) is 5.91 Å². The average molecular weight is 319 g/mol. The van der Waals surface area contributed by atoms with E-state index in [1.54, 1.807) is 17.9 Å². The number of amides is 2. The van der Waals surface area contributed by atoms with E-state index in [-0.39, 0.29) is 29.9 Å². The van der Waals surface area contributed by atoms with Crippen LogP contribution in [0.25, 0.3) is 0 Å². The molecule has 0 saturated heterocycles. The molecule has 1 aliphatic carbocycles. The van der Waals surface area contributed by atoms with E-state index in [4.69, 9.17) is 0 Å². The number of rotatable bonds is 4. The van der Waals surface area contributed by atoms with E-state index in [2.05, 4.69) is 15.5 Å².